The maximum Gasteiger partial charge on any atom is 0.412 e. The van der Waals surface area contributed by atoms with Gasteiger partial charge in [-0.2, -0.15) is 0 Å². The standard InChI is InChI=1S/C24H31N3O5/c1-24(2,3)32-23(29)27-20(22(28)30-4)11-13-31-19-14-16(15-19)7-9-18-10-8-17-6-5-12-25-21(17)26-18/h5-6,8,10-12,16,19H,7,9,13-15H2,1-4H3,(H,27,29)/b20-11+/t16-,19-. The normalized spacial score (nSPS) is 18.7. The molecule has 0 bridgehead atoms. The number of carbonyl (C=O) groups excluding carboxylic acids is 2. The number of hydrogen-bond donors (Lipinski definition) is 1. The van der Waals surface area contributed by atoms with Crippen molar-refractivity contribution in [2.45, 2.75) is 58.2 Å². The van der Waals surface area contributed by atoms with E-state index in [0.29, 0.717) is 5.92 Å². The summed E-state index contributed by atoms with van der Waals surface area (Å²) in [6.45, 7) is 5.45. The summed E-state index contributed by atoms with van der Waals surface area (Å²) in [5.74, 6) is -0.0616. The predicted octanol–water partition coefficient (Wildman–Crippen LogP) is 3.94. The first-order valence-electron chi connectivity index (χ1n) is 10.8. The van der Waals surface area contributed by atoms with E-state index in [4.69, 9.17) is 14.2 Å². The van der Waals surface area contributed by atoms with E-state index in [9.17, 15) is 9.59 Å². The number of nitrogens with zero attached hydrogens (tertiary/aromatic N) is 2. The van der Waals surface area contributed by atoms with E-state index in [0.717, 1.165) is 42.4 Å². The van der Waals surface area contributed by atoms with Crippen LogP contribution in [-0.2, 0) is 25.4 Å². The third-order valence-electron chi connectivity index (χ3n) is 5.18. The van der Waals surface area contributed by atoms with Gasteiger partial charge in [0.1, 0.15) is 11.3 Å². The van der Waals surface area contributed by atoms with E-state index in [1.807, 2.05) is 12.1 Å². The third-order valence-corrected chi connectivity index (χ3v) is 5.18. The number of aromatic nitrogens is 2. The first-order valence-corrected chi connectivity index (χ1v) is 10.8. The van der Waals surface area contributed by atoms with Gasteiger partial charge in [-0.15, -0.1) is 0 Å². The van der Waals surface area contributed by atoms with E-state index >= 15 is 0 Å². The minimum atomic E-state index is -0.713. The summed E-state index contributed by atoms with van der Waals surface area (Å²) in [6, 6.07) is 8.05. The zero-order valence-electron chi connectivity index (χ0n) is 19.1. The van der Waals surface area contributed by atoms with Crippen LogP contribution in [0.2, 0.25) is 0 Å². The van der Waals surface area contributed by atoms with E-state index in [2.05, 4.69) is 27.4 Å². The fourth-order valence-corrected chi connectivity index (χ4v) is 3.51. The highest BCUT2D eigenvalue weighted by Gasteiger charge is 2.29. The molecule has 2 aromatic heterocycles. The number of hydrogen-bond acceptors (Lipinski definition) is 7. The van der Waals surface area contributed by atoms with Gasteiger partial charge >= 0.3 is 12.1 Å². The Morgan fingerprint density at radius 1 is 1.22 bits per heavy atom. The first kappa shape index (κ1) is 23.7. The summed E-state index contributed by atoms with van der Waals surface area (Å²) in [6.07, 6.45) is 6.59. The Morgan fingerprint density at radius 3 is 2.72 bits per heavy atom. The van der Waals surface area contributed by atoms with Crippen LogP contribution in [0.4, 0.5) is 4.79 Å². The fraction of sp³-hybridized carbons (Fsp3) is 0.500. The summed E-state index contributed by atoms with van der Waals surface area (Å²) in [5.41, 5.74) is 1.18. The second-order valence-electron chi connectivity index (χ2n) is 8.92. The van der Waals surface area contributed by atoms with Crippen molar-refractivity contribution in [3.05, 3.63) is 47.9 Å². The molecular weight excluding hydrogens is 410 g/mol. The van der Waals surface area contributed by atoms with E-state index < -0.39 is 17.7 Å². The highest BCUT2D eigenvalue weighted by Crippen LogP contribution is 2.33. The van der Waals surface area contributed by atoms with Crippen LogP contribution in [-0.4, -0.2) is 47.5 Å². The molecule has 172 valence electrons. The summed E-state index contributed by atoms with van der Waals surface area (Å²) in [4.78, 5) is 32.8. The molecule has 0 radical (unpaired) electrons. The van der Waals surface area contributed by atoms with Gasteiger partial charge in [-0.3, -0.25) is 5.32 Å². The number of nitrogens with one attached hydrogen (secondary N) is 1. The van der Waals surface area contributed by atoms with Crippen LogP contribution in [0.15, 0.2) is 42.2 Å². The molecule has 8 heteroatoms. The molecule has 1 amide bonds. The molecule has 2 aromatic rings. The smallest absolute Gasteiger partial charge is 0.412 e. The average Bonchev–Trinajstić information content (AvgIpc) is 2.71. The van der Waals surface area contributed by atoms with Crippen molar-refractivity contribution in [3.63, 3.8) is 0 Å². The fourth-order valence-electron chi connectivity index (χ4n) is 3.51. The van der Waals surface area contributed by atoms with Crippen LogP contribution in [0.5, 0.6) is 0 Å². The molecule has 1 N–H and O–H groups in total. The molecule has 0 spiro atoms. The van der Waals surface area contributed by atoms with Crippen LogP contribution in [0.25, 0.3) is 11.0 Å². The molecule has 1 aliphatic carbocycles. The molecule has 32 heavy (non-hydrogen) atoms. The minimum Gasteiger partial charge on any atom is -0.464 e. The van der Waals surface area contributed by atoms with Crippen LogP contribution >= 0.6 is 0 Å². The molecule has 0 aliphatic heterocycles. The largest absolute Gasteiger partial charge is 0.464 e. The Balaban J connectivity index is 1.40. The van der Waals surface area contributed by atoms with Gasteiger partial charge in [-0.05, 0) is 82.7 Å². The molecule has 0 saturated heterocycles. The lowest BCUT2D eigenvalue weighted by Gasteiger charge is -2.35. The third kappa shape index (κ3) is 7.02. The van der Waals surface area contributed by atoms with Gasteiger partial charge in [0.05, 0.1) is 19.8 Å². The maximum absolute atomic E-state index is 11.9. The Bertz CT molecular complexity index is 977. The van der Waals surface area contributed by atoms with Crippen molar-refractivity contribution in [1.29, 1.82) is 0 Å². The molecule has 8 nitrogen and oxygen atoms in total. The topological polar surface area (TPSA) is 99.6 Å². The number of fused-ring (bicyclic) bond motifs is 1. The van der Waals surface area contributed by atoms with Crippen LogP contribution < -0.4 is 5.32 Å². The Morgan fingerprint density at radius 2 is 2.00 bits per heavy atom. The molecule has 3 rings (SSSR count). The molecule has 0 unspecified atom stereocenters. The number of pyridine rings is 2. The zero-order chi connectivity index (χ0) is 23.1. The van der Waals surface area contributed by atoms with Gasteiger partial charge in [0.15, 0.2) is 5.65 Å². The zero-order valence-corrected chi connectivity index (χ0v) is 19.1. The number of alkyl carbamates (subject to hydrolysis) is 1. The van der Waals surface area contributed by atoms with Gasteiger partial charge in [0, 0.05) is 17.3 Å². The van der Waals surface area contributed by atoms with Crippen molar-refractivity contribution in [3.8, 4) is 0 Å². The SMILES string of the molecule is COC(=O)/C(=C\CO[C@H]1C[C@H](CCc2ccc3cccnc3n2)C1)NC(=O)OC(C)(C)C. The summed E-state index contributed by atoms with van der Waals surface area (Å²) in [7, 11) is 1.25. The molecule has 2 heterocycles. The molecule has 1 aliphatic rings. The predicted molar refractivity (Wildman–Crippen MR) is 120 cm³/mol. The summed E-state index contributed by atoms with van der Waals surface area (Å²) in [5, 5.41) is 3.48. The Labute approximate surface area is 188 Å². The highest BCUT2D eigenvalue weighted by molar-refractivity contribution is 5.92. The number of carbonyl (C=O) groups is 2. The summed E-state index contributed by atoms with van der Waals surface area (Å²) >= 11 is 0. The number of rotatable bonds is 8. The van der Waals surface area contributed by atoms with Crippen LogP contribution in [0.1, 0.15) is 45.7 Å². The number of esters is 1. The van der Waals surface area contributed by atoms with E-state index in [1.54, 1.807) is 27.0 Å². The molecule has 1 saturated carbocycles. The molecule has 1 fully saturated rings. The van der Waals surface area contributed by atoms with Crippen LogP contribution in [0, 0.1) is 5.92 Å². The van der Waals surface area contributed by atoms with Crippen molar-refractivity contribution in [2.75, 3.05) is 13.7 Å². The number of amides is 1. The minimum absolute atomic E-state index is 0.00797. The van der Waals surface area contributed by atoms with Crippen molar-refractivity contribution < 1.29 is 23.8 Å². The van der Waals surface area contributed by atoms with Crippen LogP contribution in [0.3, 0.4) is 0 Å². The highest BCUT2D eigenvalue weighted by atomic mass is 16.6. The van der Waals surface area contributed by atoms with E-state index in [-0.39, 0.29) is 18.4 Å². The molecule has 0 atom stereocenters. The lowest BCUT2D eigenvalue weighted by atomic mass is 9.79. The number of aryl methyl sites for hydroxylation is 1. The van der Waals surface area contributed by atoms with Gasteiger partial charge in [0.2, 0.25) is 0 Å². The lowest BCUT2D eigenvalue weighted by Crippen LogP contribution is -2.35. The Hall–Kier alpha value is -3.00. The maximum atomic E-state index is 11.9. The average molecular weight is 442 g/mol. The van der Waals surface area contributed by atoms with Crippen molar-refractivity contribution in [1.82, 2.24) is 15.3 Å². The first-order chi connectivity index (χ1) is 15.2. The van der Waals surface area contributed by atoms with Gasteiger partial charge in [0.25, 0.3) is 0 Å². The second kappa shape index (κ2) is 10.5. The number of methoxy groups -OCH3 is 1. The van der Waals surface area contributed by atoms with Crippen molar-refractivity contribution >= 4 is 23.1 Å². The molecular formula is C24H31N3O5. The van der Waals surface area contributed by atoms with Gasteiger partial charge < -0.3 is 14.2 Å². The van der Waals surface area contributed by atoms with Crippen molar-refractivity contribution in [2.24, 2.45) is 5.92 Å². The van der Waals surface area contributed by atoms with Gasteiger partial charge in [-0.1, -0.05) is 0 Å². The second-order valence-corrected chi connectivity index (χ2v) is 8.92. The lowest BCUT2D eigenvalue weighted by molar-refractivity contribution is -0.136. The quantitative estimate of drug-likeness (QED) is 0.489. The number of ether oxygens (including phenoxy) is 3. The molecule has 0 aromatic carbocycles. The van der Waals surface area contributed by atoms with E-state index in [1.165, 1.54) is 13.2 Å². The van der Waals surface area contributed by atoms with Gasteiger partial charge in [-0.25, -0.2) is 19.6 Å². The monoisotopic (exact) mass is 441 g/mol. The summed E-state index contributed by atoms with van der Waals surface area (Å²) < 4.78 is 15.7. The Kier molecular flexibility index (Phi) is 7.80.